The summed E-state index contributed by atoms with van der Waals surface area (Å²) >= 11 is 0. The predicted molar refractivity (Wildman–Crippen MR) is 71.0 cm³/mol. The summed E-state index contributed by atoms with van der Waals surface area (Å²) in [7, 11) is 1.12. The second-order valence-electron chi connectivity index (χ2n) is 5.62. The molecule has 18 heavy (non-hydrogen) atoms. The summed E-state index contributed by atoms with van der Waals surface area (Å²) in [5, 5.41) is 0. The molecule has 0 aliphatic carbocycles. The highest BCUT2D eigenvalue weighted by atomic mass is 32.2. The van der Waals surface area contributed by atoms with Crippen LogP contribution in [0.1, 0.15) is 26.2 Å². The first kappa shape index (κ1) is 14.2. The van der Waals surface area contributed by atoms with Gasteiger partial charge in [-0.25, -0.2) is 12.7 Å². The van der Waals surface area contributed by atoms with Crippen LogP contribution in [0.4, 0.5) is 0 Å². The van der Waals surface area contributed by atoms with E-state index in [4.69, 9.17) is 4.74 Å². The van der Waals surface area contributed by atoms with Crippen molar-refractivity contribution in [3.63, 3.8) is 0 Å². The van der Waals surface area contributed by atoms with Crippen LogP contribution in [0, 0.1) is 0 Å². The normalized spacial score (nSPS) is 29.2. The summed E-state index contributed by atoms with van der Waals surface area (Å²) in [5.74, 6) is 0.196. The smallest absolute Gasteiger partial charge is 0.213 e. The van der Waals surface area contributed by atoms with Crippen LogP contribution in [0.25, 0.3) is 0 Å². The number of sulfonamides is 1. The Labute approximate surface area is 110 Å². The zero-order valence-electron chi connectivity index (χ0n) is 11.6. The van der Waals surface area contributed by atoms with Crippen molar-refractivity contribution in [1.29, 1.82) is 0 Å². The van der Waals surface area contributed by atoms with Gasteiger partial charge in [0.05, 0.1) is 18.0 Å². The first-order valence-corrected chi connectivity index (χ1v) is 8.28. The Kier molecular flexibility index (Phi) is 4.02. The van der Waals surface area contributed by atoms with Gasteiger partial charge >= 0.3 is 0 Å². The van der Waals surface area contributed by atoms with Gasteiger partial charge in [0, 0.05) is 19.1 Å². The molecule has 2 aliphatic heterocycles. The molecular weight excluding hydrogens is 252 g/mol. The van der Waals surface area contributed by atoms with Crippen LogP contribution < -0.4 is 0 Å². The summed E-state index contributed by atoms with van der Waals surface area (Å²) in [6.45, 7) is 3.69. The molecule has 0 aromatic rings. The van der Waals surface area contributed by atoms with E-state index >= 15 is 0 Å². The lowest BCUT2D eigenvalue weighted by atomic mass is 9.88. The topological polar surface area (TPSA) is 49.9 Å². The van der Waals surface area contributed by atoms with Gasteiger partial charge in [-0.05, 0) is 40.3 Å². The maximum atomic E-state index is 11.8. The Hall–Kier alpha value is -0.170. The molecule has 0 unspecified atom stereocenters. The molecule has 2 heterocycles. The molecule has 0 radical (unpaired) electrons. The zero-order valence-corrected chi connectivity index (χ0v) is 12.4. The summed E-state index contributed by atoms with van der Waals surface area (Å²) in [4.78, 5) is 2.20. The minimum Gasteiger partial charge on any atom is -0.373 e. The third-order valence-corrected chi connectivity index (χ3v) is 6.19. The minimum absolute atomic E-state index is 0.0747. The SMILES string of the molecule is CCS(=O)(=O)N1CCC2(CC1)C[C@@H](N(C)C)CO2. The second kappa shape index (κ2) is 5.07. The average Bonchev–Trinajstić information content (AvgIpc) is 2.74. The number of likely N-dealkylation sites (N-methyl/N-ethyl adjacent to an activating group) is 1. The van der Waals surface area contributed by atoms with E-state index < -0.39 is 10.0 Å². The molecule has 1 spiro atoms. The molecule has 2 aliphatic rings. The van der Waals surface area contributed by atoms with Crippen LogP contribution in [0.3, 0.4) is 0 Å². The van der Waals surface area contributed by atoms with Crippen molar-refractivity contribution in [2.75, 3.05) is 39.5 Å². The molecule has 106 valence electrons. The predicted octanol–water partition coefficient (Wildman–Crippen LogP) is 0.521. The van der Waals surface area contributed by atoms with Gasteiger partial charge in [0.1, 0.15) is 0 Å². The summed E-state index contributed by atoms with van der Waals surface area (Å²) in [5.41, 5.74) is -0.0747. The average molecular weight is 276 g/mol. The molecule has 0 aromatic carbocycles. The lowest BCUT2D eigenvalue weighted by molar-refractivity contribution is -0.0315. The fourth-order valence-corrected chi connectivity index (χ4v) is 3.96. The van der Waals surface area contributed by atoms with Gasteiger partial charge in [-0.2, -0.15) is 0 Å². The van der Waals surface area contributed by atoms with Crippen molar-refractivity contribution >= 4 is 10.0 Å². The van der Waals surface area contributed by atoms with E-state index in [2.05, 4.69) is 19.0 Å². The Morgan fingerprint density at radius 3 is 2.39 bits per heavy atom. The number of nitrogens with zero attached hydrogens (tertiary/aromatic N) is 2. The molecule has 1 atom stereocenters. The van der Waals surface area contributed by atoms with Gasteiger partial charge < -0.3 is 9.64 Å². The number of ether oxygens (including phenoxy) is 1. The van der Waals surface area contributed by atoms with Crippen molar-refractivity contribution in [1.82, 2.24) is 9.21 Å². The molecule has 0 aromatic heterocycles. The van der Waals surface area contributed by atoms with Gasteiger partial charge in [-0.15, -0.1) is 0 Å². The fourth-order valence-electron chi connectivity index (χ4n) is 2.85. The van der Waals surface area contributed by atoms with E-state index in [-0.39, 0.29) is 11.4 Å². The van der Waals surface area contributed by atoms with E-state index in [9.17, 15) is 8.42 Å². The first-order valence-electron chi connectivity index (χ1n) is 6.67. The maximum Gasteiger partial charge on any atom is 0.213 e. The molecule has 0 saturated carbocycles. The Morgan fingerprint density at radius 2 is 1.94 bits per heavy atom. The molecule has 2 fully saturated rings. The van der Waals surface area contributed by atoms with Crippen LogP contribution in [-0.2, 0) is 14.8 Å². The van der Waals surface area contributed by atoms with Crippen molar-refractivity contribution in [3.05, 3.63) is 0 Å². The van der Waals surface area contributed by atoms with Gasteiger partial charge in [0.25, 0.3) is 0 Å². The number of hydrogen-bond acceptors (Lipinski definition) is 4. The molecule has 6 heteroatoms. The van der Waals surface area contributed by atoms with E-state index in [1.165, 1.54) is 0 Å². The highest BCUT2D eigenvalue weighted by Gasteiger charge is 2.44. The molecule has 0 bridgehead atoms. The quantitative estimate of drug-likeness (QED) is 0.754. The Morgan fingerprint density at radius 1 is 1.33 bits per heavy atom. The maximum absolute atomic E-state index is 11.8. The number of piperidine rings is 1. The van der Waals surface area contributed by atoms with E-state index in [0.29, 0.717) is 19.1 Å². The molecule has 2 saturated heterocycles. The van der Waals surface area contributed by atoms with Gasteiger partial charge in [-0.3, -0.25) is 0 Å². The Balaban J connectivity index is 1.95. The van der Waals surface area contributed by atoms with E-state index in [0.717, 1.165) is 25.9 Å². The summed E-state index contributed by atoms with van der Waals surface area (Å²) in [6, 6.07) is 0.472. The van der Waals surface area contributed by atoms with Crippen molar-refractivity contribution < 1.29 is 13.2 Å². The highest BCUT2D eigenvalue weighted by Crippen LogP contribution is 2.37. The zero-order chi connectivity index (χ0) is 13.4. The first-order chi connectivity index (χ1) is 8.38. The van der Waals surface area contributed by atoms with Crippen LogP contribution in [0.15, 0.2) is 0 Å². The van der Waals surface area contributed by atoms with Crippen LogP contribution >= 0.6 is 0 Å². The molecule has 0 amide bonds. The highest BCUT2D eigenvalue weighted by molar-refractivity contribution is 7.89. The van der Waals surface area contributed by atoms with E-state index in [1.54, 1.807) is 11.2 Å². The number of hydrogen-bond donors (Lipinski definition) is 0. The van der Waals surface area contributed by atoms with Gasteiger partial charge in [0.15, 0.2) is 0 Å². The van der Waals surface area contributed by atoms with Crippen LogP contribution in [-0.4, -0.2) is 68.8 Å². The number of rotatable bonds is 3. The van der Waals surface area contributed by atoms with Crippen LogP contribution in [0.2, 0.25) is 0 Å². The van der Waals surface area contributed by atoms with Gasteiger partial charge in [-0.1, -0.05) is 0 Å². The van der Waals surface area contributed by atoms with Gasteiger partial charge in [0.2, 0.25) is 10.0 Å². The Bertz CT molecular complexity index is 386. The molecule has 5 nitrogen and oxygen atoms in total. The van der Waals surface area contributed by atoms with Crippen molar-refractivity contribution in [2.24, 2.45) is 0 Å². The third kappa shape index (κ3) is 2.71. The standard InChI is InChI=1S/C12H24N2O3S/c1-4-18(15,16)14-7-5-12(6-8-14)9-11(10-17-12)13(2)3/h11H,4-10H2,1-3H3/t11-/m1/s1. The lowest BCUT2D eigenvalue weighted by Gasteiger charge is -2.38. The monoisotopic (exact) mass is 276 g/mol. The molecule has 2 rings (SSSR count). The largest absolute Gasteiger partial charge is 0.373 e. The molecular formula is C12H24N2O3S. The summed E-state index contributed by atoms with van der Waals surface area (Å²) < 4.78 is 31.2. The van der Waals surface area contributed by atoms with Crippen molar-refractivity contribution in [2.45, 2.75) is 37.8 Å². The van der Waals surface area contributed by atoms with E-state index in [1.807, 2.05) is 0 Å². The van der Waals surface area contributed by atoms with Crippen molar-refractivity contribution in [3.8, 4) is 0 Å². The minimum atomic E-state index is -3.03. The lowest BCUT2D eigenvalue weighted by Crippen LogP contribution is -2.47. The summed E-state index contributed by atoms with van der Waals surface area (Å²) in [6.07, 6.45) is 2.69. The van der Waals surface area contributed by atoms with Crippen LogP contribution in [0.5, 0.6) is 0 Å². The third-order valence-electron chi connectivity index (χ3n) is 4.31. The molecule has 0 N–H and O–H groups in total. The fraction of sp³-hybridized carbons (Fsp3) is 1.00. The second-order valence-corrected chi connectivity index (χ2v) is 7.87.